The normalized spacial score (nSPS) is 23.8. The fourth-order valence-electron chi connectivity index (χ4n) is 4.08. The van der Waals surface area contributed by atoms with Crippen LogP contribution in [0.25, 0.3) is 0 Å². The molecule has 2 aliphatic rings. The minimum Gasteiger partial charge on any atom is -0.468 e. The van der Waals surface area contributed by atoms with Crippen molar-refractivity contribution in [2.45, 2.75) is 29.4 Å². The second kappa shape index (κ2) is 7.02. The molecule has 28 heavy (non-hydrogen) atoms. The van der Waals surface area contributed by atoms with Crippen molar-refractivity contribution < 1.29 is 9.21 Å². The van der Waals surface area contributed by atoms with E-state index in [1.165, 1.54) is 11.1 Å². The van der Waals surface area contributed by atoms with Crippen molar-refractivity contribution in [2.24, 2.45) is 5.92 Å². The molecule has 0 unspecified atom stereocenters. The highest BCUT2D eigenvalue weighted by molar-refractivity contribution is 7.99. The number of rotatable bonds is 2. The Balaban J connectivity index is 1.61. The summed E-state index contributed by atoms with van der Waals surface area (Å²) in [4.78, 5) is 14.5. The van der Waals surface area contributed by atoms with Gasteiger partial charge in [0.25, 0.3) is 0 Å². The lowest BCUT2D eigenvalue weighted by molar-refractivity contribution is -0.122. The minimum atomic E-state index is -0.231. The fourth-order valence-corrected chi connectivity index (χ4v) is 5.45. The number of ketones is 1. The number of aryl methyl sites for hydroxylation is 1. The Bertz CT molecular complexity index is 1040. The van der Waals surface area contributed by atoms with Crippen LogP contribution in [0.15, 0.2) is 88.0 Å². The van der Waals surface area contributed by atoms with Gasteiger partial charge in [-0.3, -0.25) is 4.79 Å². The van der Waals surface area contributed by atoms with E-state index in [2.05, 4.69) is 54.7 Å². The van der Waals surface area contributed by atoms with Gasteiger partial charge in [-0.2, -0.15) is 0 Å². The molecule has 1 aromatic heterocycles. The molecule has 0 amide bonds. The van der Waals surface area contributed by atoms with Crippen molar-refractivity contribution in [3.05, 3.63) is 95.6 Å². The molecule has 2 aromatic carbocycles. The zero-order chi connectivity index (χ0) is 19.1. The van der Waals surface area contributed by atoms with Crippen molar-refractivity contribution in [3.63, 3.8) is 0 Å². The quantitative estimate of drug-likeness (QED) is 0.576. The molecule has 0 radical (unpaired) electrons. The van der Waals surface area contributed by atoms with E-state index in [-0.39, 0.29) is 22.9 Å². The number of allylic oxidation sites excluding steroid dienone is 2. The summed E-state index contributed by atoms with van der Waals surface area (Å²) in [6.07, 6.45) is 4.45. The molecular formula is C24H21NO2S. The molecule has 1 N–H and O–H groups in total. The minimum absolute atomic E-state index is 0.0659. The molecule has 4 heteroatoms. The summed E-state index contributed by atoms with van der Waals surface area (Å²) in [6, 6.07) is 20.6. The van der Waals surface area contributed by atoms with Crippen LogP contribution in [0.2, 0.25) is 0 Å². The Morgan fingerprint density at radius 3 is 2.64 bits per heavy atom. The number of Topliss-reactive ketones (excluding diaryl/α,β-unsaturated/α-hetero) is 1. The van der Waals surface area contributed by atoms with Crippen molar-refractivity contribution in [2.75, 3.05) is 5.32 Å². The zero-order valence-corrected chi connectivity index (χ0v) is 16.4. The molecule has 0 saturated carbocycles. The van der Waals surface area contributed by atoms with E-state index in [1.807, 2.05) is 24.3 Å². The smallest absolute Gasteiger partial charge is 0.144 e. The molecule has 3 aromatic rings. The Labute approximate surface area is 168 Å². The van der Waals surface area contributed by atoms with Crippen molar-refractivity contribution in [3.8, 4) is 0 Å². The molecular weight excluding hydrogens is 366 g/mol. The number of nitrogens with one attached hydrogen (secondary N) is 1. The van der Waals surface area contributed by atoms with Gasteiger partial charge in [0.2, 0.25) is 0 Å². The summed E-state index contributed by atoms with van der Waals surface area (Å²) in [5.74, 6) is 0.975. The largest absolute Gasteiger partial charge is 0.468 e. The van der Waals surface area contributed by atoms with Crippen LogP contribution in [0.3, 0.4) is 0 Å². The third-order valence-electron chi connectivity index (χ3n) is 5.54. The van der Waals surface area contributed by atoms with Gasteiger partial charge in [-0.15, -0.1) is 11.8 Å². The van der Waals surface area contributed by atoms with Crippen LogP contribution in [0.4, 0.5) is 5.69 Å². The molecule has 3 atom stereocenters. The summed E-state index contributed by atoms with van der Waals surface area (Å²) < 4.78 is 5.74. The first-order valence-electron chi connectivity index (χ1n) is 9.56. The Kier molecular flexibility index (Phi) is 4.36. The number of carbonyl (C=O) groups is 1. The third kappa shape index (κ3) is 3.08. The van der Waals surface area contributed by atoms with Crippen LogP contribution in [-0.2, 0) is 4.79 Å². The summed E-state index contributed by atoms with van der Waals surface area (Å²) in [5, 5.41) is 3.51. The number of carbonyl (C=O) groups excluding carboxylic acids is 1. The molecule has 2 heterocycles. The first kappa shape index (κ1) is 17.4. The lowest BCUT2D eigenvalue weighted by Gasteiger charge is -2.30. The number of thioether (sulfide) groups is 1. The van der Waals surface area contributed by atoms with Gasteiger partial charge >= 0.3 is 0 Å². The maximum atomic E-state index is 13.4. The highest BCUT2D eigenvalue weighted by Crippen LogP contribution is 2.51. The van der Waals surface area contributed by atoms with Crippen LogP contribution in [0.5, 0.6) is 0 Å². The van der Waals surface area contributed by atoms with E-state index in [0.717, 1.165) is 22.0 Å². The summed E-state index contributed by atoms with van der Waals surface area (Å²) in [5.41, 5.74) is 4.45. The van der Waals surface area contributed by atoms with Gasteiger partial charge in [0.05, 0.1) is 23.1 Å². The number of hydrogen-bond acceptors (Lipinski definition) is 4. The number of para-hydroxylation sites is 1. The van der Waals surface area contributed by atoms with Gasteiger partial charge < -0.3 is 9.73 Å². The Morgan fingerprint density at radius 1 is 1.04 bits per heavy atom. The number of benzene rings is 2. The van der Waals surface area contributed by atoms with E-state index in [4.69, 9.17) is 4.42 Å². The summed E-state index contributed by atoms with van der Waals surface area (Å²) in [6.45, 7) is 2.08. The van der Waals surface area contributed by atoms with E-state index in [0.29, 0.717) is 6.42 Å². The average Bonchev–Trinajstić information content (AvgIpc) is 3.17. The van der Waals surface area contributed by atoms with E-state index in [1.54, 1.807) is 18.0 Å². The van der Waals surface area contributed by atoms with E-state index < -0.39 is 0 Å². The molecule has 3 nitrogen and oxygen atoms in total. The molecule has 0 bridgehead atoms. The first-order valence-corrected chi connectivity index (χ1v) is 10.4. The topological polar surface area (TPSA) is 42.2 Å². The van der Waals surface area contributed by atoms with Gasteiger partial charge in [0.15, 0.2) is 0 Å². The number of furan rings is 1. The monoisotopic (exact) mass is 387 g/mol. The second-order valence-corrected chi connectivity index (χ2v) is 8.65. The molecule has 5 rings (SSSR count). The first-order chi connectivity index (χ1) is 13.7. The van der Waals surface area contributed by atoms with Crippen molar-refractivity contribution >= 4 is 23.2 Å². The van der Waals surface area contributed by atoms with Gasteiger partial charge in [-0.05, 0) is 36.8 Å². The summed E-state index contributed by atoms with van der Waals surface area (Å²) in [7, 11) is 0. The predicted octanol–water partition coefficient (Wildman–Crippen LogP) is 6.10. The molecule has 0 saturated heterocycles. The SMILES string of the molecule is Cc1ccc([C@@H]2C=C3Nc4ccccc4S[C@@H](c4ccco4)[C@@H]3C(=O)C2)cc1. The lowest BCUT2D eigenvalue weighted by atomic mass is 9.79. The van der Waals surface area contributed by atoms with Gasteiger partial charge in [0.1, 0.15) is 11.5 Å². The average molecular weight is 388 g/mol. The van der Waals surface area contributed by atoms with Crippen LogP contribution >= 0.6 is 11.8 Å². The number of hydrogen-bond donors (Lipinski definition) is 1. The van der Waals surface area contributed by atoms with Crippen LogP contribution in [0.1, 0.15) is 34.5 Å². The molecule has 1 aliphatic heterocycles. The summed E-state index contributed by atoms with van der Waals surface area (Å²) >= 11 is 1.71. The zero-order valence-electron chi connectivity index (χ0n) is 15.6. The molecule has 140 valence electrons. The Morgan fingerprint density at radius 2 is 1.86 bits per heavy atom. The number of anilines is 1. The lowest BCUT2D eigenvalue weighted by Crippen LogP contribution is -2.30. The third-order valence-corrected chi connectivity index (χ3v) is 6.90. The molecule has 0 fully saturated rings. The van der Waals surface area contributed by atoms with Gasteiger partial charge in [-0.1, -0.05) is 48.0 Å². The highest BCUT2D eigenvalue weighted by atomic mass is 32.2. The van der Waals surface area contributed by atoms with Gasteiger partial charge in [0, 0.05) is 22.9 Å². The standard InChI is InChI=1S/C24H21NO2S/c1-15-8-10-16(11-9-15)17-13-19-23(20(26)14-17)24(21-6-4-12-27-21)28-22-7-3-2-5-18(22)25-19/h2-13,17,23-25H,14H2,1H3/t17-,23+,24+/m1/s1. The van der Waals surface area contributed by atoms with Crippen molar-refractivity contribution in [1.29, 1.82) is 0 Å². The maximum Gasteiger partial charge on any atom is 0.144 e. The predicted molar refractivity (Wildman–Crippen MR) is 112 cm³/mol. The van der Waals surface area contributed by atoms with Crippen LogP contribution in [0, 0.1) is 12.8 Å². The highest BCUT2D eigenvalue weighted by Gasteiger charge is 2.41. The fraction of sp³-hybridized carbons (Fsp3) is 0.208. The van der Waals surface area contributed by atoms with Gasteiger partial charge in [-0.25, -0.2) is 0 Å². The Hall–Kier alpha value is -2.72. The van der Waals surface area contributed by atoms with Crippen LogP contribution in [-0.4, -0.2) is 5.78 Å². The van der Waals surface area contributed by atoms with E-state index in [9.17, 15) is 4.79 Å². The molecule has 0 spiro atoms. The van der Waals surface area contributed by atoms with E-state index >= 15 is 0 Å². The number of fused-ring (bicyclic) bond motifs is 2. The van der Waals surface area contributed by atoms with Crippen LogP contribution < -0.4 is 5.32 Å². The maximum absolute atomic E-state index is 13.4. The van der Waals surface area contributed by atoms with Crippen molar-refractivity contribution in [1.82, 2.24) is 0 Å². The second-order valence-electron chi connectivity index (χ2n) is 7.46. The molecule has 1 aliphatic carbocycles.